The molecule has 5 rings (SSSR count). The van der Waals surface area contributed by atoms with Crippen molar-refractivity contribution in [3.05, 3.63) is 36.5 Å². The van der Waals surface area contributed by atoms with Crippen molar-refractivity contribution in [3.63, 3.8) is 0 Å². The van der Waals surface area contributed by atoms with Gasteiger partial charge in [-0.15, -0.1) is 5.10 Å². The Labute approximate surface area is 144 Å². The average molecular weight is 323 g/mol. The summed E-state index contributed by atoms with van der Waals surface area (Å²) in [6.07, 6.45) is 6.18. The Bertz CT molecular complexity index is 729. The smallest absolute Gasteiger partial charge is 0.318 e. The van der Waals surface area contributed by atoms with Crippen LogP contribution in [0, 0.1) is 17.3 Å². The molecule has 0 aliphatic heterocycles. The van der Waals surface area contributed by atoms with Crippen LogP contribution in [0.15, 0.2) is 36.5 Å². The Kier molecular flexibility index (Phi) is 3.61. The summed E-state index contributed by atoms with van der Waals surface area (Å²) in [6.45, 7) is 6.63. The van der Waals surface area contributed by atoms with Crippen LogP contribution in [0.5, 0.6) is 0 Å². The first-order chi connectivity index (χ1) is 11.4. The average Bonchev–Trinajstić information content (AvgIpc) is 3.03. The van der Waals surface area contributed by atoms with Crippen LogP contribution >= 0.6 is 0 Å². The van der Waals surface area contributed by atoms with E-state index in [0.29, 0.717) is 12.4 Å². The first-order valence-electron chi connectivity index (χ1n) is 9.09. The van der Waals surface area contributed by atoms with Crippen LogP contribution in [-0.2, 0) is 6.44 Å². The fourth-order valence-electron chi connectivity index (χ4n) is 5.55. The molecular formula is C19H26BN3O. The van der Waals surface area contributed by atoms with Gasteiger partial charge in [-0.25, -0.2) is 0 Å². The molecule has 3 aliphatic rings. The molecule has 0 saturated heterocycles. The van der Waals surface area contributed by atoms with Crippen LogP contribution < -0.4 is 0 Å². The predicted molar refractivity (Wildman–Crippen MR) is 96.4 cm³/mol. The Balaban J connectivity index is 1.55. The van der Waals surface area contributed by atoms with Gasteiger partial charge in [-0.1, -0.05) is 62.7 Å². The van der Waals surface area contributed by atoms with Gasteiger partial charge in [0.25, 0.3) is 0 Å². The van der Waals surface area contributed by atoms with E-state index in [0.717, 1.165) is 23.6 Å². The summed E-state index contributed by atoms with van der Waals surface area (Å²) >= 11 is 0. The molecule has 3 atom stereocenters. The molecule has 5 heteroatoms. The number of hydrogen-bond acceptors (Lipinski definition) is 3. The van der Waals surface area contributed by atoms with Gasteiger partial charge in [0.05, 0.1) is 6.20 Å². The molecule has 3 fully saturated rings. The van der Waals surface area contributed by atoms with E-state index < -0.39 is 0 Å². The maximum absolute atomic E-state index is 11.1. The number of rotatable bonds is 4. The van der Waals surface area contributed by atoms with Crippen LogP contribution in [-0.4, -0.2) is 26.9 Å². The quantitative estimate of drug-likeness (QED) is 0.873. The van der Waals surface area contributed by atoms with E-state index in [1.165, 1.54) is 12.8 Å². The predicted octanol–water partition coefficient (Wildman–Crippen LogP) is 3.68. The summed E-state index contributed by atoms with van der Waals surface area (Å²) in [5.41, 5.74) is 2.14. The minimum Gasteiger partial charge on any atom is -0.448 e. The molecule has 0 amide bonds. The minimum absolute atomic E-state index is 0.0226. The van der Waals surface area contributed by atoms with E-state index in [1.807, 2.05) is 41.2 Å². The Hall–Kier alpha value is -1.62. The van der Waals surface area contributed by atoms with Gasteiger partial charge in [0.2, 0.25) is 0 Å². The lowest BCUT2D eigenvalue weighted by molar-refractivity contribution is -0.0937. The van der Waals surface area contributed by atoms with Gasteiger partial charge < -0.3 is 5.02 Å². The SMILES string of the molecule is CC1CCC2CC1(B(O)Cn1cc(-c3ccccc3)nn1)C2(C)C. The number of nitrogens with zero attached hydrogens (tertiary/aromatic N) is 3. The van der Waals surface area contributed by atoms with Gasteiger partial charge in [0.1, 0.15) is 5.69 Å². The molecule has 4 nitrogen and oxygen atoms in total. The molecule has 1 aromatic heterocycles. The molecule has 3 unspecified atom stereocenters. The Morgan fingerprint density at radius 2 is 2.00 bits per heavy atom. The highest BCUT2D eigenvalue weighted by Gasteiger charge is 2.68. The standard InChI is InChI=1S/C19H26BN3O/c1-14-9-10-16-11-19(14,18(16,2)3)20(24)13-23-12-17(21-22-23)15-7-5-4-6-8-15/h4-8,12,14,16,24H,9-11,13H2,1-3H3. The molecular weight excluding hydrogens is 297 g/mol. The molecule has 3 saturated carbocycles. The van der Waals surface area contributed by atoms with E-state index in [-0.39, 0.29) is 17.6 Å². The summed E-state index contributed by atoms with van der Waals surface area (Å²) in [5, 5.41) is 19.7. The zero-order chi connectivity index (χ0) is 16.9. The first kappa shape index (κ1) is 15.9. The van der Waals surface area contributed by atoms with E-state index in [2.05, 4.69) is 31.1 Å². The van der Waals surface area contributed by atoms with E-state index in [4.69, 9.17) is 0 Å². The third kappa shape index (κ3) is 2.10. The summed E-state index contributed by atoms with van der Waals surface area (Å²) in [4.78, 5) is 0. The largest absolute Gasteiger partial charge is 0.448 e. The zero-order valence-corrected chi connectivity index (χ0v) is 14.8. The second-order valence-electron chi connectivity index (χ2n) is 8.35. The lowest BCUT2D eigenvalue weighted by Gasteiger charge is -2.69. The fourth-order valence-corrected chi connectivity index (χ4v) is 5.55. The topological polar surface area (TPSA) is 50.9 Å². The lowest BCUT2D eigenvalue weighted by atomic mass is 9.21. The molecule has 126 valence electrons. The number of benzene rings is 1. The molecule has 3 aliphatic carbocycles. The third-order valence-electron chi connectivity index (χ3n) is 7.19. The van der Waals surface area contributed by atoms with Crippen molar-refractivity contribution in [3.8, 4) is 11.3 Å². The molecule has 1 aromatic carbocycles. The number of fused-ring (bicyclic) bond motifs is 2. The lowest BCUT2D eigenvalue weighted by Crippen LogP contribution is -2.64. The summed E-state index contributed by atoms with van der Waals surface area (Å²) < 4.78 is 1.81. The van der Waals surface area contributed by atoms with Gasteiger partial charge in [-0.2, -0.15) is 0 Å². The van der Waals surface area contributed by atoms with Crippen molar-refractivity contribution in [2.24, 2.45) is 17.3 Å². The van der Waals surface area contributed by atoms with Crippen molar-refractivity contribution in [2.75, 3.05) is 0 Å². The van der Waals surface area contributed by atoms with Gasteiger partial charge >= 0.3 is 6.92 Å². The molecule has 1 N–H and O–H groups in total. The second-order valence-corrected chi connectivity index (χ2v) is 8.35. The van der Waals surface area contributed by atoms with E-state index in [1.54, 1.807) is 0 Å². The van der Waals surface area contributed by atoms with Crippen molar-refractivity contribution in [2.45, 2.75) is 51.8 Å². The van der Waals surface area contributed by atoms with Crippen LogP contribution in [0.25, 0.3) is 11.3 Å². The Morgan fingerprint density at radius 1 is 1.25 bits per heavy atom. The number of hydrogen-bond donors (Lipinski definition) is 1. The van der Waals surface area contributed by atoms with Crippen molar-refractivity contribution >= 4 is 6.92 Å². The Morgan fingerprint density at radius 3 is 2.67 bits per heavy atom. The first-order valence-corrected chi connectivity index (χ1v) is 9.09. The molecule has 0 radical (unpaired) electrons. The van der Waals surface area contributed by atoms with Gasteiger partial charge in [0, 0.05) is 12.0 Å². The van der Waals surface area contributed by atoms with Crippen LogP contribution in [0.1, 0.15) is 40.0 Å². The number of aromatic nitrogens is 3. The summed E-state index contributed by atoms with van der Waals surface area (Å²) in [5.74, 6) is 1.32. The molecule has 0 spiro atoms. The molecule has 2 bridgehead atoms. The second kappa shape index (κ2) is 5.45. The maximum atomic E-state index is 11.1. The van der Waals surface area contributed by atoms with Gasteiger partial charge in [0.15, 0.2) is 0 Å². The summed E-state index contributed by atoms with van der Waals surface area (Å²) in [6, 6.07) is 10.1. The van der Waals surface area contributed by atoms with Crippen molar-refractivity contribution < 1.29 is 5.02 Å². The molecule has 2 aromatic rings. The molecule has 1 heterocycles. The van der Waals surface area contributed by atoms with Crippen LogP contribution in [0.4, 0.5) is 0 Å². The van der Waals surface area contributed by atoms with E-state index >= 15 is 0 Å². The van der Waals surface area contributed by atoms with E-state index in [9.17, 15) is 5.02 Å². The normalized spacial score (nSPS) is 30.7. The van der Waals surface area contributed by atoms with Crippen LogP contribution in [0.2, 0.25) is 5.31 Å². The monoisotopic (exact) mass is 323 g/mol. The zero-order valence-electron chi connectivity index (χ0n) is 14.8. The van der Waals surface area contributed by atoms with Gasteiger partial charge in [-0.05, 0) is 35.4 Å². The van der Waals surface area contributed by atoms with Gasteiger partial charge in [-0.3, -0.25) is 4.68 Å². The maximum Gasteiger partial charge on any atom is 0.318 e. The highest BCUT2D eigenvalue weighted by atomic mass is 16.2. The fraction of sp³-hybridized carbons (Fsp3) is 0.579. The highest BCUT2D eigenvalue weighted by Crippen LogP contribution is 2.75. The molecule has 24 heavy (non-hydrogen) atoms. The third-order valence-corrected chi connectivity index (χ3v) is 7.19. The van der Waals surface area contributed by atoms with Crippen molar-refractivity contribution in [1.29, 1.82) is 0 Å². The van der Waals surface area contributed by atoms with Crippen molar-refractivity contribution in [1.82, 2.24) is 15.0 Å². The highest BCUT2D eigenvalue weighted by molar-refractivity contribution is 6.53. The van der Waals surface area contributed by atoms with Crippen LogP contribution in [0.3, 0.4) is 0 Å². The summed E-state index contributed by atoms with van der Waals surface area (Å²) in [7, 11) is 0. The minimum atomic E-state index is -0.371.